The molecule has 0 bridgehead atoms. The largest absolute Gasteiger partial charge is 0.481 e. The van der Waals surface area contributed by atoms with Crippen LogP contribution in [0.25, 0.3) is 11.1 Å². The van der Waals surface area contributed by atoms with E-state index < -0.39 is 12.3 Å². The first kappa shape index (κ1) is 32.1. The summed E-state index contributed by atoms with van der Waals surface area (Å²) in [6.45, 7) is 7.89. The second-order valence-corrected chi connectivity index (χ2v) is 11.2. The average molecular weight is 587 g/mol. The molecule has 1 amide bonds. The fourth-order valence-electron chi connectivity index (χ4n) is 5.31. The maximum atomic E-state index is 12.1. The summed E-state index contributed by atoms with van der Waals surface area (Å²) < 4.78 is 13.1. The molecule has 0 unspecified atom stereocenters. The Balaban J connectivity index is 1.47. The zero-order valence-electron chi connectivity index (χ0n) is 24.9. The summed E-state index contributed by atoms with van der Waals surface area (Å²) in [6.07, 6.45) is 1.60. The third-order valence-corrected chi connectivity index (χ3v) is 7.78. The summed E-state index contributed by atoms with van der Waals surface area (Å²) in [5.74, 6) is -0.954. The Morgan fingerprint density at radius 2 is 1.67 bits per heavy atom. The number of ether oxygens (including phenoxy) is 2. The van der Waals surface area contributed by atoms with Crippen LogP contribution in [0, 0.1) is 5.92 Å². The van der Waals surface area contributed by atoms with Crippen molar-refractivity contribution in [1.82, 2.24) is 10.2 Å². The van der Waals surface area contributed by atoms with E-state index >= 15 is 0 Å². The van der Waals surface area contributed by atoms with E-state index in [1.807, 2.05) is 78.9 Å². The van der Waals surface area contributed by atoms with Crippen LogP contribution in [0.2, 0.25) is 0 Å². The quantitative estimate of drug-likeness (QED) is 0.210. The number of aliphatic carboxylic acids is 1. The summed E-state index contributed by atoms with van der Waals surface area (Å²) in [7, 11) is 2.06. The van der Waals surface area contributed by atoms with Gasteiger partial charge >= 0.3 is 5.97 Å². The number of carboxylic acids is 1. The van der Waals surface area contributed by atoms with Gasteiger partial charge in [-0.25, -0.2) is 0 Å². The highest BCUT2D eigenvalue weighted by atomic mass is 16.7. The number of carbonyl (C=O) groups is 2. The van der Waals surface area contributed by atoms with Crippen LogP contribution < -0.4 is 5.32 Å². The van der Waals surface area contributed by atoms with Gasteiger partial charge in [-0.3, -0.25) is 9.59 Å². The number of carbonyl (C=O) groups excluding carboxylic acids is 1. The Labute approximate surface area is 254 Å². The van der Waals surface area contributed by atoms with Crippen LogP contribution >= 0.6 is 0 Å². The number of rotatable bonds is 14. The van der Waals surface area contributed by atoms with E-state index in [1.165, 1.54) is 0 Å². The zero-order valence-corrected chi connectivity index (χ0v) is 24.9. The first-order valence-corrected chi connectivity index (χ1v) is 14.7. The summed E-state index contributed by atoms with van der Waals surface area (Å²) in [5, 5.41) is 21.1. The number of aliphatic hydroxyl groups is 1. The van der Waals surface area contributed by atoms with E-state index in [2.05, 4.69) is 30.8 Å². The van der Waals surface area contributed by atoms with Gasteiger partial charge in [0.1, 0.15) is 0 Å². The van der Waals surface area contributed by atoms with Crippen molar-refractivity contribution in [2.24, 2.45) is 5.92 Å². The predicted octanol–water partition coefficient (Wildman–Crippen LogP) is 5.63. The second kappa shape index (κ2) is 15.6. The van der Waals surface area contributed by atoms with Crippen LogP contribution in [0.1, 0.15) is 60.8 Å². The fourth-order valence-corrected chi connectivity index (χ4v) is 5.31. The Bertz CT molecular complexity index is 1360. The number of nitrogens with zero attached hydrogens (tertiary/aromatic N) is 1. The summed E-state index contributed by atoms with van der Waals surface area (Å²) in [6, 6.07) is 24.1. The molecule has 43 heavy (non-hydrogen) atoms. The molecule has 0 saturated carbocycles. The zero-order chi connectivity index (χ0) is 30.8. The molecule has 1 aliphatic rings. The minimum atomic E-state index is -0.896. The van der Waals surface area contributed by atoms with E-state index in [9.17, 15) is 14.7 Å². The lowest BCUT2D eigenvalue weighted by Gasteiger charge is -2.42. The molecule has 1 aliphatic heterocycles. The normalized spacial score (nSPS) is 20.1. The highest BCUT2D eigenvalue weighted by molar-refractivity contribution is 5.76. The Morgan fingerprint density at radius 1 is 0.953 bits per heavy atom. The van der Waals surface area contributed by atoms with Gasteiger partial charge in [0.15, 0.2) is 6.29 Å². The number of nitrogens with one attached hydrogen (secondary N) is 1. The standard InChI is InChI=1S/C35H42N2O6/c1-4-19-37(3)22-31-24(2)34(28-13-11-25(23-38)12-14-28)43-35(42-31)29-17-15-27(16-18-29)30-8-5-7-26(20-30)21-36-32(39)9-6-10-33(40)41/h4-5,7-8,11-18,20,24,31,34-35,38H,1,6,9-10,19,21-23H2,2-3H3,(H,36,39)(H,40,41)/t24-,31+,34+,35+/m0/s1. The molecule has 8 heteroatoms. The molecule has 8 nitrogen and oxygen atoms in total. The Hall–Kier alpha value is -3.82. The molecule has 3 aromatic carbocycles. The van der Waals surface area contributed by atoms with Gasteiger partial charge in [0.25, 0.3) is 0 Å². The van der Waals surface area contributed by atoms with Gasteiger partial charge in [0.05, 0.1) is 18.8 Å². The van der Waals surface area contributed by atoms with Crippen molar-refractivity contribution in [1.29, 1.82) is 0 Å². The van der Waals surface area contributed by atoms with E-state index in [-0.39, 0.29) is 43.5 Å². The molecule has 0 spiro atoms. The van der Waals surface area contributed by atoms with Crippen molar-refractivity contribution >= 4 is 11.9 Å². The highest BCUT2D eigenvalue weighted by Crippen LogP contribution is 2.42. The summed E-state index contributed by atoms with van der Waals surface area (Å²) >= 11 is 0. The second-order valence-electron chi connectivity index (χ2n) is 11.2. The van der Waals surface area contributed by atoms with Crippen LogP contribution in [-0.4, -0.2) is 53.2 Å². The first-order chi connectivity index (χ1) is 20.8. The molecule has 1 heterocycles. The molecular weight excluding hydrogens is 544 g/mol. The minimum absolute atomic E-state index is 0.000553. The lowest BCUT2D eigenvalue weighted by Crippen LogP contribution is -2.43. The van der Waals surface area contributed by atoms with Gasteiger partial charge in [-0.15, -0.1) is 6.58 Å². The number of amides is 1. The van der Waals surface area contributed by atoms with Crippen LogP contribution in [0.15, 0.2) is 85.5 Å². The Morgan fingerprint density at radius 3 is 2.35 bits per heavy atom. The molecule has 0 radical (unpaired) electrons. The number of hydrogen-bond acceptors (Lipinski definition) is 6. The van der Waals surface area contributed by atoms with Crippen LogP contribution in [0.3, 0.4) is 0 Å². The van der Waals surface area contributed by atoms with E-state index in [1.54, 1.807) is 0 Å². The van der Waals surface area contributed by atoms with Gasteiger partial charge < -0.3 is 29.9 Å². The first-order valence-electron chi connectivity index (χ1n) is 14.7. The van der Waals surface area contributed by atoms with Crippen molar-refractivity contribution in [3.63, 3.8) is 0 Å². The number of likely N-dealkylation sites (N-methyl/N-ethyl adjacent to an activating group) is 1. The molecule has 1 fully saturated rings. The Kier molecular flexibility index (Phi) is 11.6. The maximum absolute atomic E-state index is 12.1. The molecule has 4 atom stereocenters. The van der Waals surface area contributed by atoms with Gasteiger partial charge in [-0.1, -0.05) is 79.7 Å². The molecule has 228 valence electrons. The average Bonchev–Trinajstić information content (AvgIpc) is 3.01. The van der Waals surface area contributed by atoms with Crippen molar-refractivity contribution < 1.29 is 29.3 Å². The van der Waals surface area contributed by atoms with Crippen molar-refractivity contribution in [2.75, 3.05) is 20.1 Å². The number of aliphatic hydroxyl groups excluding tert-OH is 1. The SMILES string of the molecule is C=CCN(C)C[C@H]1O[C@@H](c2ccc(-c3cccc(CNC(=O)CCCC(=O)O)c3)cc2)O[C@@H](c2ccc(CO)cc2)[C@H]1C. The lowest BCUT2D eigenvalue weighted by atomic mass is 9.90. The minimum Gasteiger partial charge on any atom is -0.481 e. The molecule has 1 saturated heterocycles. The van der Waals surface area contributed by atoms with E-state index in [0.29, 0.717) is 13.0 Å². The van der Waals surface area contributed by atoms with Crippen LogP contribution in [0.4, 0.5) is 0 Å². The van der Waals surface area contributed by atoms with Gasteiger partial charge in [0.2, 0.25) is 5.91 Å². The molecular formula is C35H42N2O6. The molecule has 0 aromatic heterocycles. The molecule has 3 N–H and O–H groups in total. The van der Waals surface area contributed by atoms with Crippen LogP contribution in [-0.2, 0) is 32.2 Å². The smallest absolute Gasteiger partial charge is 0.303 e. The topological polar surface area (TPSA) is 108 Å². The predicted molar refractivity (Wildman–Crippen MR) is 166 cm³/mol. The van der Waals surface area contributed by atoms with Gasteiger partial charge in [0, 0.05) is 44.0 Å². The van der Waals surface area contributed by atoms with E-state index in [0.717, 1.165) is 46.5 Å². The van der Waals surface area contributed by atoms with Crippen LogP contribution in [0.5, 0.6) is 0 Å². The fraction of sp³-hybridized carbons (Fsp3) is 0.371. The molecule has 4 rings (SSSR count). The number of carboxylic acid groups (broad SMARTS) is 1. The summed E-state index contributed by atoms with van der Waals surface area (Å²) in [5.41, 5.74) is 5.85. The number of hydrogen-bond donors (Lipinski definition) is 3. The van der Waals surface area contributed by atoms with E-state index in [4.69, 9.17) is 14.6 Å². The van der Waals surface area contributed by atoms with Crippen molar-refractivity contribution in [3.8, 4) is 11.1 Å². The van der Waals surface area contributed by atoms with Gasteiger partial charge in [-0.2, -0.15) is 0 Å². The summed E-state index contributed by atoms with van der Waals surface area (Å²) in [4.78, 5) is 24.9. The number of benzene rings is 3. The monoisotopic (exact) mass is 586 g/mol. The molecule has 0 aliphatic carbocycles. The highest BCUT2D eigenvalue weighted by Gasteiger charge is 2.38. The van der Waals surface area contributed by atoms with Crippen molar-refractivity contribution in [2.45, 2.75) is 57.8 Å². The van der Waals surface area contributed by atoms with Gasteiger partial charge in [-0.05, 0) is 47.4 Å². The third kappa shape index (κ3) is 9.08. The molecule has 3 aromatic rings. The third-order valence-electron chi connectivity index (χ3n) is 7.78. The lowest BCUT2D eigenvalue weighted by molar-refractivity contribution is -0.275. The van der Waals surface area contributed by atoms with Crippen molar-refractivity contribution in [3.05, 3.63) is 108 Å². The maximum Gasteiger partial charge on any atom is 0.303 e.